The summed E-state index contributed by atoms with van der Waals surface area (Å²) in [6.45, 7) is 0. The molecule has 2 rings (SSSR count). The first kappa shape index (κ1) is 14.7. The highest BCUT2D eigenvalue weighted by Crippen LogP contribution is 2.33. The van der Waals surface area contributed by atoms with Crippen LogP contribution in [0.1, 0.15) is 10.4 Å². The van der Waals surface area contributed by atoms with Gasteiger partial charge in [0, 0.05) is 6.07 Å². The van der Waals surface area contributed by atoms with E-state index < -0.39 is 42.7 Å². The summed E-state index contributed by atoms with van der Waals surface area (Å²) in [6.07, 6.45) is 0. The van der Waals surface area contributed by atoms with Crippen LogP contribution in [-0.2, 0) is 9.84 Å². The van der Waals surface area contributed by atoms with Crippen LogP contribution in [0.2, 0.25) is 0 Å². The summed E-state index contributed by atoms with van der Waals surface area (Å²) in [5.74, 6) is -3.03. The molecule has 0 saturated heterocycles. The first-order valence-electron chi connectivity index (χ1n) is 5.57. The molecular weight excluding hydrogens is 300 g/mol. The van der Waals surface area contributed by atoms with Gasteiger partial charge in [0.15, 0.2) is 0 Å². The molecule has 0 spiro atoms. The number of hydrogen-bond acceptors (Lipinski definition) is 6. The molecule has 0 aliphatic rings. The lowest BCUT2D eigenvalue weighted by Gasteiger charge is -2.08. The topological polar surface area (TPSA) is 132 Å². The first-order chi connectivity index (χ1) is 9.73. The molecule has 8 heteroatoms. The van der Waals surface area contributed by atoms with Crippen molar-refractivity contribution in [2.24, 2.45) is 0 Å². The van der Waals surface area contributed by atoms with Crippen LogP contribution >= 0.6 is 0 Å². The molecule has 21 heavy (non-hydrogen) atoms. The minimum Gasteiger partial charge on any atom is -0.508 e. The second-order valence-corrected chi connectivity index (χ2v) is 6.06. The quantitative estimate of drug-likeness (QED) is 0.629. The molecule has 0 fully saturated rings. The van der Waals surface area contributed by atoms with Gasteiger partial charge in [-0.25, -0.2) is 13.2 Å². The van der Waals surface area contributed by atoms with Crippen molar-refractivity contribution in [3.63, 3.8) is 0 Å². The van der Waals surface area contributed by atoms with E-state index in [2.05, 4.69) is 0 Å². The van der Waals surface area contributed by atoms with E-state index in [0.717, 1.165) is 36.4 Å². The lowest BCUT2D eigenvalue weighted by atomic mass is 10.2. The van der Waals surface area contributed by atoms with Gasteiger partial charge in [-0.15, -0.1) is 0 Å². The number of phenolic OH excluding ortho intramolecular Hbond substituents is 2. The van der Waals surface area contributed by atoms with E-state index in [1.165, 1.54) is 0 Å². The molecule has 2 aromatic rings. The predicted molar refractivity (Wildman–Crippen MR) is 70.3 cm³/mol. The second-order valence-electron chi connectivity index (χ2n) is 4.14. The van der Waals surface area contributed by atoms with E-state index in [1.807, 2.05) is 0 Å². The van der Waals surface area contributed by atoms with Crippen molar-refractivity contribution in [3.05, 3.63) is 42.0 Å². The van der Waals surface area contributed by atoms with Gasteiger partial charge >= 0.3 is 5.97 Å². The molecule has 110 valence electrons. The fraction of sp³-hybridized carbons (Fsp3) is 0. The number of aromatic carboxylic acids is 1. The van der Waals surface area contributed by atoms with E-state index in [1.54, 1.807) is 0 Å². The molecule has 0 amide bonds. The van der Waals surface area contributed by atoms with Gasteiger partial charge in [-0.1, -0.05) is 0 Å². The van der Waals surface area contributed by atoms with E-state index in [-0.39, 0.29) is 5.75 Å². The van der Waals surface area contributed by atoms with Crippen LogP contribution in [0.3, 0.4) is 0 Å². The molecule has 7 nitrogen and oxygen atoms in total. The maximum Gasteiger partial charge on any atom is 0.339 e. The molecule has 0 aromatic heterocycles. The lowest BCUT2D eigenvalue weighted by molar-refractivity contribution is 0.0693. The Balaban J connectivity index is 2.67. The van der Waals surface area contributed by atoms with Gasteiger partial charge in [-0.05, 0) is 30.3 Å². The van der Waals surface area contributed by atoms with Crippen molar-refractivity contribution in [1.82, 2.24) is 0 Å². The summed E-state index contributed by atoms with van der Waals surface area (Å²) < 4.78 is 24.7. The third-order valence-electron chi connectivity index (χ3n) is 2.74. The van der Waals surface area contributed by atoms with Crippen LogP contribution in [0.15, 0.2) is 46.2 Å². The number of phenols is 3. The van der Waals surface area contributed by atoms with Crippen molar-refractivity contribution >= 4 is 15.8 Å². The fourth-order valence-electron chi connectivity index (χ4n) is 1.70. The van der Waals surface area contributed by atoms with Gasteiger partial charge < -0.3 is 20.4 Å². The number of carboxylic acid groups (broad SMARTS) is 1. The molecule has 0 unspecified atom stereocenters. The molecule has 2 aromatic carbocycles. The summed E-state index contributed by atoms with van der Waals surface area (Å²) in [4.78, 5) is 9.92. The van der Waals surface area contributed by atoms with Crippen LogP contribution in [0.4, 0.5) is 0 Å². The van der Waals surface area contributed by atoms with Crippen molar-refractivity contribution in [3.8, 4) is 17.2 Å². The maximum absolute atomic E-state index is 12.3. The highest BCUT2D eigenvalue weighted by atomic mass is 32.2. The minimum atomic E-state index is -4.25. The Morgan fingerprint density at radius 3 is 2.14 bits per heavy atom. The average Bonchev–Trinajstić information content (AvgIpc) is 2.41. The Morgan fingerprint density at radius 1 is 0.905 bits per heavy atom. The number of rotatable bonds is 3. The largest absolute Gasteiger partial charge is 0.508 e. The number of aromatic hydroxyl groups is 3. The summed E-state index contributed by atoms with van der Waals surface area (Å²) in [5.41, 5.74) is -0.587. The molecule has 0 radical (unpaired) electrons. The third kappa shape index (κ3) is 2.61. The smallest absolute Gasteiger partial charge is 0.339 e. The molecule has 0 bridgehead atoms. The van der Waals surface area contributed by atoms with Gasteiger partial charge in [0.25, 0.3) is 0 Å². The zero-order valence-electron chi connectivity index (χ0n) is 10.4. The Morgan fingerprint density at radius 2 is 1.52 bits per heavy atom. The van der Waals surface area contributed by atoms with Gasteiger partial charge in [0.2, 0.25) is 9.84 Å². The van der Waals surface area contributed by atoms with Crippen LogP contribution in [0.25, 0.3) is 0 Å². The van der Waals surface area contributed by atoms with Crippen molar-refractivity contribution < 1.29 is 33.6 Å². The Kier molecular flexibility index (Phi) is 3.48. The number of carbonyl (C=O) groups is 1. The SMILES string of the molecule is O=C(O)c1cc(S(=O)(=O)c2cc(O)ccc2O)ccc1O. The first-order valence-corrected chi connectivity index (χ1v) is 7.05. The van der Waals surface area contributed by atoms with Crippen LogP contribution < -0.4 is 0 Å². The highest BCUT2D eigenvalue weighted by Gasteiger charge is 2.24. The normalized spacial score (nSPS) is 11.2. The zero-order valence-corrected chi connectivity index (χ0v) is 11.2. The number of benzene rings is 2. The van der Waals surface area contributed by atoms with Crippen LogP contribution in [0, 0.1) is 0 Å². The predicted octanol–water partition coefficient (Wildman–Crippen LogP) is 1.33. The Labute approximate surface area is 119 Å². The van der Waals surface area contributed by atoms with Crippen LogP contribution in [0.5, 0.6) is 17.2 Å². The summed E-state index contributed by atoms with van der Waals surface area (Å²) in [5, 5.41) is 37.2. The van der Waals surface area contributed by atoms with Gasteiger partial charge in [-0.2, -0.15) is 0 Å². The van der Waals surface area contributed by atoms with E-state index in [4.69, 9.17) is 5.11 Å². The molecule has 0 aliphatic carbocycles. The summed E-state index contributed by atoms with van der Waals surface area (Å²) in [6, 6.07) is 5.65. The van der Waals surface area contributed by atoms with Crippen molar-refractivity contribution in [2.75, 3.05) is 0 Å². The average molecular weight is 310 g/mol. The van der Waals surface area contributed by atoms with Crippen molar-refractivity contribution in [2.45, 2.75) is 9.79 Å². The van der Waals surface area contributed by atoms with E-state index >= 15 is 0 Å². The summed E-state index contributed by atoms with van der Waals surface area (Å²) >= 11 is 0. The second kappa shape index (κ2) is 4.98. The third-order valence-corrected chi connectivity index (χ3v) is 4.52. The zero-order chi connectivity index (χ0) is 15.8. The Hall–Kier alpha value is -2.74. The Bertz CT molecular complexity index is 824. The van der Waals surface area contributed by atoms with Gasteiger partial charge in [0.05, 0.1) is 4.90 Å². The number of hydrogen-bond donors (Lipinski definition) is 4. The minimum absolute atomic E-state index is 0.372. The fourth-order valence-corrected chi connectivity index (χ4v) is 3.09. The van der Waals surface area contributed by atoms with E-state index in [9.17, 15) is 28.5 Å². The van der Waals surface area contributed by atoms with Gasteiger partial charge in [-0.3, -0.25) is 0 Å². The number of carboxylic acids is 1. The molecule has 0 atom stereocenters. The maximum atomic E-state index is 12.3. The van der Waals surface area contributed by atoms with Crippen LogP contribution in [-0.4, -0.2) is 34.8 Å². The van der Waals surface area contributed by atoms with E-state index in [0.29, 0.717) is 0 Å². The highest BCUT2D eigenvalue weighted by molar-refractivity contribution is 7.91. The van der Waals surface area contributed by atoms with Gasteiger partial charge in [0.1, 0.15) is 27.7 Å². The molecule has 4 N–H and O–H groups in total. The lowest BCUT2D eigenvalue weighted by Crippen LogP contribution is -2.05. The van der Waals surface area contributed by atoms with Crippen molar-refractivity contribution in [1.29, 1.82) is 0 Å². The molecular formula is C13H10O7S. The molecule has 0 aliphatic heterocycles. The monoisotopic (exact) mass is 310 g/mol. The standard InChI is InChI=1S/C13H10O7S/c14-7-1-3-11(16)12(5-7)21(19,20)8-2-4-10(15)9(6-8)13(17)18/h1-6,14-16H,(H,17,18). The number of sulfone groups is 1. The summed E-state index contributed by atoms with van der Waals surface area (Å²) in [7, 11) is -4.25. The molecule has 0 saturated carbocycles. The molecule has 0 heterocycles.